The SMILES string of the molecule is CC12COC([C@H](CN=[N+]=[N-])NC(=O)OCC3c4ccccc4-c4ccccc43)(OC1)OC2. The van der Waals surface area contributed by atoms with E-state index in [2.05, 4.69) is 39.6 Å². The summed E-state index contributed by atoms with van der Waals surface area (Å²) in [5, 5.41) is 6.32. The molecule has 2 bridgehead atoms. The summed E-state index contributed by atoms with van der Waals surface area (Å²) in [5.74, 6) is -1.55. The highest BCUT2D eigenvalue weighted by Gasteiger charge is 2.55. The monoisotopic (exact) mass is 436 g/mol. The first-order valence-electron chi connectivity index (χ1n) is 10.6. The predicted octanol–water partition coefficient (Wildman–Crippen LogP) is 3.94. The largest absolute Gasteiger partial charge is 0.449 e. The minimum absolute atomic E-state index is 0.0595. The van der Waals surface area contributed by atoms with E-state index in [1.807, 2.05) is 31.2 Å². The molecule has 1 N–H and O–H groups in total. The zero-order valence-corrected chi connectivity index (χ0v) is 17.7. The summed E-state index contributed by atoms with van der Waals surface area (Å²) in [5.41, 5.74) is 13.1. The second-order valence-electron chi connectivity index (χ2n) is 8.72. The molecule has 3 fully saturated rings. The van der Waals surface area contributed by atoms with Crippen LogP contribution in [0.3, 0.4) is 0 Å². The Morgan fingerprint density at radius 2 is 1.69 bits per heavy atom. The Balaban J connectivity index is 1.29. The van der Waals surface area contributed by atoms with Crippen molar-refractivity contribution < 1.29 is 23.7 Å². The highest BCUT2D eigenvalue weighted by molar-refractivity contribution is 5.79. The van der Waals surface area contributed by atoms with Crippen molar-refractivity contribution in [3.8, 4) is 11.1 Å². The maximum atomic E-state index is 12.7. The second kappa shape index (κ2) is 8.11. The Hall–Kier alpha value is -3.10. The highest BCUT2D eigenvalue weighted by atomic mass is 16.9. The molecule has 1 atom stereocenters. The number of amides is 1. The second-order valence-corrected chi connectivity index (χ2v) is 8.72. The molecule has 4 aliphatic rings. The molecule has 0 unspecified atom stereocenters. The van der Waals surface area contributed by atoms with Gasteiger partial charge in [0.25, 0.3) is 0 Å². The lowest BCUT2D eigenvalue weighted by Crippen LogP contribution is -2.68. The molecule has 32 heavy (non-hydrogen) atoms. The van der Waals surface area contributed by atoms with E-state index in [0.717, 1.165) is 22.3 Å². The first-order chi connectivity index (χ1) is 15.5. The molecule has 0 saturated carbocycles. The third-order valence-electron chi connectivity index (χ3n) is 6.26. The topological polar surface area (TPSA) is 115 Å². The molecule has 3 saturated heterocycles. The van der Waals surface area contributed by atoms with Crippen LogP contribution in [-0.2, 0) is 18.9 Å². The lowest BCUT2D eigenvalue weighted by atomic mass is 9.91. The average Bonchev–Trinajstić information content (AvgIpc) is 3.15. The van der Waals surface area contributed by atoms with E-state index in [-0.39, 0.29) is 24.5 Å². The van der Waals surface area contributed by atoms with Crippen molar-refractivity contribution in [3.63, 3.8) is 0 Å². The molecule has 3 aliphatic heterocycles. The number of nitrogens with zero attached hydrogens (tertiary/aromatic N) is 3. The number of carbonyl (C=O) groups is 1. The molecule has 0 spiro atoms. The number of azide groups is 1. The van der Waals surface area contributed by atoms with Crippen LogP contribution < -0.4 is 5.32 Å². The summed E-state index contributed by atoms with van der Waals surface area (Å²) in [7, 11) is 0. The zero-order chi connectivity index (χ0) is 22.2. The van der Waals surface area contributed by atoms with E-state index in [4.69, 9.17) is 24.5 Å². The van der Waals surface area contributed by atoms with Gasteiger partial charge in [0.1, 0.15) is 12.6 Å². The summed E-state index contributed by atoms with van der Waals surface area (Å²) in [6, 6.07) is 15.4. The smallest absolute Gasteiger partial charge is 0.407 e. The van der Waals surface area contributed by atoms with Gasteiger partial charge in [-0.15, -0.1) is 0 Å². The first-order valence-corrected chi connectivity index (χ1v) is 10.6. The molecule has 6 rings (SSSR count). The van der Waals surface area contributed by atoms with E-state index in [1.165, 1.54) is 0 Å². The van der Waals surface area contributed by atoms with Crippen molar-refractivity contribution in [1.29, 1.82) is 0 Å². The number of hydrogen-bond acceptors (Lipinski definition) is 6. The summed E-state index contributed by atoms with van der Waals surface area (Å²) in [6.07, 6.45) is -0.658. The minimum atomic E-state index is -1.49. The maximum absolute atomic E-state index is 12.7. The number of alkyl carbamates (subject to hydrolysis) is 1. The first kappa shape index (κ1) is 20.8. The summed E-state index contributed by atoms with van der Waals surface area (Å²) in [6.45, 7) is 3.33. The molecule has 1 aliphatic carbocycles. The van der Waals surface area contributed by atoms with Gasteiger partial charge in [0, 0.05) is 16.2 Å². The van der Waals surface area contributed by atoms with Crippen molar-refractivity contribution in [2.75, 3.05) is 33.0 Å². The van der Waals surface area contributed by atoms with Gasteiger partial charge in [0.05, 0.1) is 26.4 Å². The molecule has 3 heterocycles. The van der Waals surface area contributed by atoms with Crippen LogP contribution in [0.15, 0.2) is 53.6 Å². The summed E-state index contributed by atoms with van der Waals surface area (Å²) >= 11 is 0. The minimum Gasteiger partial charge on any atom is -0.449 e. The van der Waals surface area contributed by atoms with E-state index in [1.54, 1.807) is 0 Å². The van der Waals surface area contributed by atoms with E-state index >= 15 is 0 Å². The van der Waals surface area contributed by atoms with Gasteiger partial charge in [-0.1, -0.05) is 60.6 Å². The quantitative estimate of drug-likeness (QED) is 0.418. The molecule has 0 aromatic heterocycles. The van der Waals surface area contributed by atoms with Gasteiger partial charge in [0.15, 0.2) is 0 Å². The lowest BCUT2D eigenvalue weighted by molar-refractivity contribution is -0.472. The van der Waals surface area contributed by atoms with Gasteiger partial charge in [-0.2, -0.15) is 0 Å². The molecular weight excluding hydrogens is 412 g/mol. The van der Waals surface area contributed by atoms with Crippen LogP contribution in [0.1, 0.15) is 24.0 Å². The number of fused-ring (bicyclic) bond motifs is 6. The number of benzene rings is 2. The van der Waals surface area contributed by atoms with Crippen LogP contribution in [0.25, 0.3) is 21.6 Å². The fourth-order valence-electron chi connectivity index (χ4n) is 4.52. The van der Waals surface area contributed by atoms with Gasteiger partial charge in [-0.25, -0.2) is 4.79 Å². The Kier molecular flexibility index (Phi) is 5.27. The number of nitrogens with one attached hydrogen (secondary N) is 1. The van der Waals surface area contributed by atoms with Crippen LogP contribution in [0.5, 0.6) is 0 Å². The van der Waals surface area contributed by atoms with Gasteiger partial charge in [-0.3, -0.25) is 0 Å². The lowest BCUT2D eigenvalue weighted by Gasteiger charge is -2.52. The molecule has 1 amide bonds. The molecule has 166 valence electrons. The standard InChI is InChI=1S/C23H24N4O5/c1-22-12-30-23(31-13-22,32-14-22)20(10-25-27-24)26-21(28)29-11-19-17-8-4-2-6-15(17)16-7-3-5-9-18(16)19/h2-9,19-20H,10-14H2,1H3,(H,26,28)/t20-,22?,23?/m0/s1. The molecule has 0 radical (unpaired) electrons. The third kappa shape index (κ3) is 3.59. The number of hydrogen-bond donors (Lipinski definition) is 1. The van der Waals surface area contributed by atoms with Crippen LogP contribution in [0, 0.1) is 5.41 Å². The van der Waals surface area contributed by atoms with Crippen molar-refractivity contribution >= 4 is 6.09 Å². The van der Waals surface area contributed by atoms with E-state index in [0.29, 0.717) is 19.8 Å². The molecular formula is C23H24N4O5. The fourth-order valence-corrected chi connectivity index (χ4v) is 4.52. The molecule has 9 heteroatoms. The zero-order valence-electron chi connectivity index (χ0n) is 17.7. The summed E-state index contributed by atoms with van der Waals surface area (Å²) in [4.78, 5) is 15.5. The number of ether oxygens (including phenoxy) is 4. The van der Waals surface area contributed by atoms with Gasteiger partial charge in [-0.05, 0) is 27.8 Å². The van der Waals surface area contributed by atoms with Gasteiger partial charge < -0.3 is 24.3 Å². The van der Waals surface area contributed by atoms with Crippen LogP contribution >= 0.6 is 0 Å². The van der Waals surface area contributed by atoms with Crippen LogP contribution in [-0.4, -0.2) is 51.1 Å². The van der Waals surface area contributed by atoms with Crippen molar-refractivity contribution in [1.82, 2.24) is 5.32 Å². The normalized spacial score (nSPS) is 26.5. The Bertz CT molecular complexity index is 1010. The summed E-state index contributed by atoms with van der Waals surface area (Å²) < 4.78 is 23.0. The fraction of sp³-hybridized carbons (Fsp3) is 0.435. The molecule has 9 nitrogen and oxygen atoms in total. The number of carbonyl (C=O) groups excluding carboxylic acids is 1. The van der Waals surface area contributed by atoms with E-state index < -0.39 is 18.1 Å². The predicted molar refractivity (Wildman–Crippen MR) is 115 cm³/mol. The molecule has 2 aromatic carbocycles. The maximum Gasteiger partial charge on any atom is 0.407 e. The number of rotatable bonds is 6. The highest BCUT2D eigenvalue weighted by Crippen LogP contribution is 2.44. The Morgan fingerprint density at radius 1 is 1.12 bits per heavy atom. The van der Waals surface area contributed by atoms with Crippen LogP contribution in [0.4, 0.5) is 4.79 Å². The average molecular weight is 436 g/mol. The van der Waals surface area contributed by atoms with Crippen molar-refractivity contribution in [2.24, 2.45) is 10.5 Å². The Morgan fingerprint density at radius 3 is 2.25 bits per heavy atom. The van der Waals surface area contributed by atoms with Crippen LogP contribution in [0.2, 0.25) is 0 Å². The van der Waals surface area contributed by atoms with E-state index in [9.17, 15) is 4.79 Å². The molecule has 2 aromatic rings. The van der Waals surface area contributed by atoms with Crippen molar-refractivity contribution in [3.05, 3.63) is 70.1 Å². The van der Waals surface area contributed by atoms with Crippen molar-refractivity contribution in [2.45, 2.75) is 24.9 Å². The van der Waals surface area contributed by atoms with Gasteiger partial charge in [0.2, 0.25) is 0 Å². The Labute approximate surface area is 185 Å². The van der Waals surface area contributed by atoms with Gasteiger partial charge >= 0.3 is 12.1 Å². The third-order valence-corrected chi connectivity index (χ3v) is 6.26.